The van der Waals surface area contributed by atoms with Crippen LogP contribution in [0.5, 0.6) is 0 Å². The first-order valence-corrected chi connectivity index (χ1v) is 11.8. The van der Waals surface area contributed by atoms with E-state index in [4.69, 9.17) is 4.42 Å². The summed E-state index contributed by atoms with van der Waals surface area (Å²) in [5, 5.41) is 15.4. The Hall–Kier alpha value is -4.09. The third-order valence-electron chi connectivity index (χ3n) is 6.58. The van der Waals surface area contributed by atoms with Crippen LogP contribution in [0.15, 0.2) is 82.2 Å². The standard InChI is InChI=1S/C30H29N3O2/c1-31-25(17-15-22-7-6-10-29-30(22)24-8-4-5-9-28(24)35-29)21-13-11-20(12-14-21)23-16-18-26(32-2)27(19-23)33(3)34/h5-7,9-14,16-19,32,34H,1,4,8,15H2,2-3H3/b25-17-. The summed E-state index contributed by atoms with van der Waals surface area (Å²) in [5.41, 5.74) is 9.02. The highest BCUT2D eigenvalue weighted by Crippen LogP contribution is 2.34. The first kappa shape index (κ1) is 22.7. The summed E-state index contributed by atoms with van der Waals surface area (Å²) in [6, 6.07) is 20.5. The normalized spacial score (nSPS) is 13.1. The van der Waals surface area contributed by atoms with E-state index in [1.807, 2.05) is 31.3 Å². The predicted molar refractivity (Wildman–Crippen MR) is 146 cm³/mol. The number of aliphatic imine (C=N–C) groups is 1. The number of hydroxylamine groups is 1. The Morgan fingerprint density at radius 2 is 1.94 bits per heavy atom. The second-order valence-corrected chi connectivity index (χ2v) is 8.71. The first-order chi connectivity index (χ1) is 17.1. The Bertz CT molecular complexity index is 1440. The van der Waals surface area contributed by atoms with Gasteiger partial charge >= 0.3 is 0 Å². The van der Waals surface area contributed by atoms with Crippen LogP contribution >= 0.6 is 0 Å². The van der Waals surface area contributed by atoms with Gasteiger partial charge in [0.1, 0.15) is 11.3 Å². The summed E-state index contributed by atoms with van der Waals surface area (Å²) in [4.78, 5) is 4.32. The molecule has 0 fully saturated rings. The Morgan fingerprint density at radius 3 is 2.69 bits per heavy atom. The molecular formula is C30H29N3O2. The van der Waals surface area contributed by atoms with Crippen LogP contribution in [-0.4, -0.2) is 26.0 Å². The van der Waals surface area contributed by atoms with E-state index in [-0.39, 0.29) is 0 Å². The van der Waals surface area contributed by atoms with Crippen molar-refractivity contribution in [2.24, 2.45) is 4.99 Å². The highest BCUT2D eigenvalue weighted by atomic mass is 16.5. The monoisotopic (exact) mass is 463 g/mol. The molecule has 0 saturated carbocycles. The van der Waals surface area contributed by atoms with Gasteiger partial charge in [0.2, 0.25) is 0 Å². The van der Waals surface area contributed by atoms with Gasteiger partial charge in [-0.2, -0.15) is 0 Å². The minimum atomic E-state index is 0.716. The Morgan fingerprint density at radius 1 is 1.14 bits per heavy atom. The lowest BCUT2D eigenvalue weighted by Gasteiger charge is -2.17. The van der Waals surface area contributed by atoms with E-state index in [1.54, 1.807) is 7.05 Å². The van der Waals surface area contributed by atoms with Gasteiger partial charge in [-0.15, -0.1) is 0 Å². The number of furan rings is 1. The third-order valence-corrected chi connectivity index (χ3v) is 6.58. The lowest BCUT2D eigenvalue weighted by atomic mass is 9.96. The number of fused-ring (bicyclic) bond motifs is 3. The molecule has 4 aromatic rings. The van der Waals surface area contributed by atoms with Gasteiger partial charge < -0.3 is 9.73 Å². The molecule has 2 N–H and O–H groups in total. The van der Waals surface area contributed by atoms with E-state index in [0.29, 0.717) is 5.69 Å². The van der Waals surface area contributed by atoms with E-state index < -0.39 is 0 Å². The number of hydrogen-bond donors (Lipinski definition) is 2. The van der Waals surface area contributed by atoms with Crippen LogP contribution in [0.1, 0.15) is 28.9 Å². The van der Waals surface area contributed by atoms with Crippen molar-refractivity contribution in [3.8, 4) is 11.1 Å². The molecule has 0 spiro atoms. The van der Waals surface area contributed by atoms with Gasteiger partial charge in [0.15, 0.2) is 0 Å². The van der Waals surface area contributed by atoms with Crippen molar-refractivity contribution in [3.05, 3.63) is 95.3 Å². The van der Waals surface area contributed by atoms with Crippen molar-refractivity contribution in [2.75, 3.05) is 24.5 Å². The van der Waals surface area contributed by atoms with Crippen molar-refractivity contribution >= 4 is 40.8 Å². The van der Waals surface area contributed by atoms with E-state index in [9.17, 15) is 5.21 Å². The molecule has 5 heteroatoms. The fourth-order valence-electron chi connectivity index (χ4n) is 4.78. The molecule has 5 rings (SSSR count). The summed E-state index contributed by atoms with van der Waals surface area (Å²) in [7, 11) is 3.46. The van der Waals surface area contributed by atoms with Gasteiger partial charge in [-0.1, -0.05) is 54.6 Å². The summed E-state index contributed by atoms with van der Waals surface area (Å²) in [6.45, 7) is 3.82. The number of hydrogen-bond acceptors (Lipinski definition) is 5. The number of rotatable bonds is 7. The lowest BCUT2D eigenvalue weighted by molar-refractivity contribution is 0.280. The summed E-state index contributed by atoms with van der Waals surface area (Å²) in [6.07, 6.45) is 9.20. The Kier molecular flexibility index (Phi) is 6.25. The molecule has 3 aromatic carbocycles. The molecule has 0 unspecified atom stereocenters. The van der Waals surface area contributed by atoms with E-state index >= 15 is 0 Å². The first-order valence-electron chi connectivity index (χ1n) is 11.8. The molecule has 0 aliphatic heterocycles. The zero-order valence-corrected chi connectivity index (χ0v) is 20.1. The second-order valence-electron chi connectivity index (χ2n) is 8.71. The number of aryl methyl sites for hydroxylation is 1. The SMILES string of the molecule is C=N/C(=C\Cc1cccc2oc3c(c12)CCC=C3)c1ccc(-c2ccc(NC)c(N(C)O)c2)cc1. The topological polar surface area (TPSA) is 61.0 Å². The molecule has 0 saturated heterocycles. The van der Waals surface area contributed by atoms with Gasteiger partial charge in [-0.05, 0) is 72.5 Å². The zero-order valence-electron chi connectivity index (χ0n) is 20.1. The van der Waals surface area contributed by atoms with Crippen molar-refractivity contribution in [1.82, 2.24) is 0 Å². The van der Waals surface area contributed by atoms with Crippen molar-refractivity contribution in [1.29, 1.82) is 0 Å². The Labute approximate surface area is 205 Å². The Balaban J connectivity index is 1.42. The molecular weight excluding hydrogens is 434 g/mol. The van der Waals surface area contributed by atoms with Gasteiger partial charge in [0.25, 0.3) is 0 Å². The maximum Gasteiger partial charge on any atom is 0.135 e. The largest absolute Gasteiger partial charge is 0.456 e. The maximum atomic E-state index is 9.98. The number of nitrogens with one attached hydrogen (secondary N) is 1. The average Bonchev–Trinajstić information content (AvgIpc) is 3.28. The predicted octanol–water partition coefficient (Wildman–Crippen LogP) is 7.21. The third kappa shape index (κ3) is 4.38. The van der Waals surface area contributed by atoms with Crippen molar-refractivity contribution in [3.63, 3.8) is 0 Å². The number of allylic oxidation sites excluding steroid dienone is 2. The van der Waals surface area contributed by atoms with Gasteiger partial charge in [-0.25, -0.2) is 0 Å². The molecule has 1 aliphatic carbocycles. The van der Waals surface area contributed by atoms with Gasteiger partial charge in [0, 0.05) is 25.0 Å². The van der Waals surface area contributed by atoms with Crippen LogP contribution in [0, 0.1) is 0 Å². The van der Waals surface area contributed by atoms with Crippen LogP contribution in [-0.2, 0) is 12.8 Å². The van der Waals surface area contributed by atoms with Gasteiger partial charge in [-0.3, -0.25) is 15.3 Å². The summed E-state index contributed by atoms with van der Waals surface area (Å²) < 4.78 is 6.08. The fraction of sp³-hybridized carbons (Fsp3) is 0.167. The van der Waals surface area contributed by atoms with E-state index in [1.165, 1.54) is 16.5 Å². The molecule has 1 aromatic heterocycles. The van der Waals surface area contributed by atoms with Crippen LogP contribution < -0.4 is 10.4 Å². The quantitative estimate of drug-likeness (QED) is 0.225. The zero-order chi connectivity index (χ0) is 24.4. The summed E-state index contributed by atoms with van der Waals surface area (Å²) >= 11 is 0. The van der Waals surface area contributed by atoms with Crippen LogP contribution in [0.25, 0.3) is 33.9 Å². The number of benzene rings is 3. The molecule has 176 valence electrons. The molecule has 0 radical (unpaired) electrons. The fourth-order valence-corrected chi connectivity index (χ4v) is 4.78. The van der Waals surface area contributed by atoms with Crippen molar-refractivity contribution < 1.29 is 9.62 Å². The highest BCUT2D eigenvalue weighted by molar-refractivity contribution is 5.89. The molecule has 1 heterocycles. The lowest BCUT2D eigenvalue weighted by Crippen LogP contribution is -2.12. The molecule has 35 heavy (non-hydrogen) atoms. The summed E-state index contributed by atoms with van der Waals surface area (Å²) in [5.74, 6) is 0.985. The van der Waals surface area contributed by atoms with Crippen LogP contribution in [0.3, 0.4) is 0 Å². The minimum Gasteiger partial charge on any atom is -0.456 e. The maximum absolute atomic E-state index is 9.98. The molecule has 0 bridgehead atoms. The van der Waals surface area contributed by atoms with Crippen LogP contribution in [0.2, 0.25) is 0 Å². The van der Waals surface area contributed by atoms with Crippen LogP contribution in [0.4, 0.5) is 11.4 Å². The minimum absolute atomic E-state index is 0.716. The van der Waals surface area contributed by atoms with E-state index in [0.717, 1.165) is 63.7 Å². The van der Waals surface area contributed by atoms with Gasteiger partial charge in [0.05, 0.1) is 17.1 Å². The molecule has 1 aliphatic rings. The highest BCUT2D eigenvalue weighted by Gasteiger charge is 2.17. The average molecular weight is 464 g/mol. The molecule has 0 atom stereocenters. The van der Waals surface area contributed by atoms with Crippen molar-refractivity contribution in [2.45, 2.75) is 19.3 Å². The van der Waals surface area contributed by atoms with E-state index in [2.05, 4.69) is 71.7 Å². The number of anilines is 2. The molecule has 0 amide bonds. The smallest absolute Gasteiger partial charge is 0.135 e. The second kappa shape index (κ2) is 9.65. The molecule has 5 nitrogen and oxygen atoms in total. The number of nitrogens with zero attached hydrogens (tertiary/aromatic N) is 2.